The smallest absolute Gasteiger partial charge is 0.248 e. The highest BCUT2D eigenvalue weighted by Crippen LogP contribution is 2.31. The molecule has 3 rings (SSSR count). The SMILES string of the molecule is C=C(O)c1c(CN)[nH]c2c1ccc1c[nH]c(=O)cc12. The highest BCUT2D eigenvalue weighted by Gasteiger charge is 2.14. The van der Waals surface area contributed by atoms with E-state index in [0.29, 0.717) is 11.3 Å². The number of rotatable bonds is 2. The zero-order valence-corrected chi connectivity index (χ0v) is 10.2. The van der Waals surface area contributed by atoms with Crippen LogP contribution < -0.4 is 11.3 Å². The van der Waals surface area contributed by atoms with Gasteiger partial charge in [-0.2, -0.15) is 0 Å². The predicted molar refractivity (Wildman–Crippen MR) is 76.0 cm³/mol. The van der Waals surface area contributed by atoms with Crippen molar-refractivity contribution in [3.63, 3.8) is 0 Å². The first-order valence-corrected chi connectivity index (χ1v) is 5.86. The molecule has 0 amide bonds. The van der Waals surface area contributed by atoms with Crippen LogP contribution in [-0.2, 0) is 6.54 Å². The lowest BCUT2D eigenvalue weighted by Gasteiger charge is -2.01. The van der Waals surface area contributed by atoms with Crippen LogP contribution in [0.1, 0.15) is 11.3 Å². The van der Waals surface area contributed by atoms with Crippen molar-refractivity contribution < 1.29 is 5.11 Å². The van der Waals surface area contributed by atoms with Crippen LogP contribution in [0, 0.1) is 0 Å². The maximum absolute atomic E-state index is 11.5. The molecule has 19 heavy (non-hydrogen) atoms. The summed E-state index contributed by atoms with van der Waals surface area (Å²) in [6.45, 7) is 3.82. The number of pyridine rings is 1. The van der Waals surface area contributed by atoms with E-state index in [1.54, 1.807) is 6.20 Å². The standard InChI is InChI=1S/C14H13N3O2/c1-7(18)13-9-3-2-8-6-16-12(19)4-10(8)14(9)17-11(13)5-15/h2-4,6,17-18H,1,5,15H2,(H,16,19). The van der Waals surface area contributed by atoms with Crippen LogP contribution in [0.4, 0.5) is 0 Å². The van der Waals surface area contributed by atoms with Gasteiger partial charge in [-0.1, -0.05) is 18.7 Å². The Morgan fingerprint density at radius 3 is 2.84 bits per heavy atom. The first-order valence-electron chi connectivity index (χ1n) is 5.86. The van der Waals surface area contributed by atoms with Crippen LogP contribution in [0.25, 0.3) is 27.4 Å². The Hall–Kier alpha value is -2.53. The topological polar surface area (TPSA) is 94.9 Å². The van der Waals surface area contributed by atoms with Gasteiger partial charge in [0.05, 0.1) is 5.52 Å². The first-order chi connectivity index (χ1) is 9.11. The highest BCUT2D eigenvalue weighted by molar-refractivity contribution is 6.08. The second-order valence-corrected chi connectivity index (χ2v) is 4.42. The number of aliphatic hydroxyl groups excluding tert-OH is 1. The van der Waals surface area contributed by atoms with E-state index in [-0.39, 0.29) is 17.9 Å². The van der Waals surface area contributed by atoms with Crippen molar-refractivity contribution in [2.24, 2.45) is 5.73 Å². The molecule has 0 fully saturated rings. The lowest BCUT2D eigenvalue weighted by molar-refractivity contribution is 0.513. The molecule has 2 aromatic heterocycles. The number of hydrogen-bond acceptors (Lipinski definition) is 3. The monoisotopic (exact) mass is 255 g/mol. The summed E-state index contributed by atoms with van der Waals surface area (Å²) in [6.07, 6.45) is 1.66. The van der Waals surface area contributed by atoms with E-state index in [9.17, 15) is 9.90 Å². The summed E-state index contributed by atoms with van der Waals surface area (Å²) < 4.78 is 0. The summed E-state index contributed by atoms with van der Waals surface area (Å²) in [6, 6.07) is 5.29. The molecule has 2 heterocycles. The third-order valence-electron chi connectivity index (χ3n) is 3.26. The number of aliphatic hydroxyl groups is 1. The van der Waals surface area contributed by atoms with E-state index in [1.165, 1.54) is 6.07 Å². The second-order valence-electron chi connectivity index (χ2n) is 4.42. The summed E-state index contributed by atoms with van der Waals surface area (Å²) in [5, 5.41) is 12.2. The molecule has 0 unspecified atom stereocenters. The molecule has 96 valence electrons. The average Bonchev–Trinajstić information content (AvgIpc) is 2.77. The van der Waals surface area contributed by atoms with Crippen molar-refractivity contribution in [1.29, 1.82) is 0 Å². The Morgan fingerprint density at radius 1 is 1.37 bits per heavy atom. The molecule has 0 aliphatic carbocycles. The molecule has 0 atom stereocenters. The number of benzene rings is 1. The van der Waals surface area contributed by atoms with Crippen molar-refractivity contribution in [3.8, 4) is 0 Å². The molecule has 0 radical (unpaired) electrons. The molecule has 1 aromatic carbocycles. The summed E-state index contributed by atoms with van der Waals surface area (Å²) in [7, 11) is 0. The zero-order chi connectivity index (χ0) is 13.6. The minimum atomic E-state index is -0.173. The third-order valence-corrected chi connectivity index (χ3v) is 3.26. The van der Waals surface area contributed by atoms with Gasteiger partial charge >= 0.3 is 0 Å². The maximum Gasteiger partial charge on any atom is 0.248 e. The lowest BCUT2D eigenvalue weighted by atomic mass is 10.1. The van der Waals surface area contributed by atoms with E-state index in [4.69, 9.17) is 5.73 Å². The van der Waals surface area contributed by atoms with Gasteiger partial charge in [-0.3, -0.25) is 4.79 Å². The molecule has 5 N–H and O–H groups in total. The molecule has 5 heteroatoms. The number of nitrogens with one attached hydrogen (secondary N) is 2. The van der Waals surface area contributed by atoms with Crippen molar-refractivity contribution in [2.75, 3.05) is 0 Å². The van der Waals surface area contributed by atoms with Gasteiger partial charge in [0, 0.05) is 46.2 Å². The molecule has 0 spiro atoms. The minimum Gasteiger partial charge on any atom is -0.508 e. The maximum atomic E-state index is 11.5. The van der Waals surface area contributed by atoms with Crippen LogP contribution in [0.5, 0.6) is 0 Å². The normalized spacial score (nSPS) is 11.2. The van der Waals surface area contributed by atoms with Gasteiger partial charge in [0.2, 0.25) is 5.56 Å². The van der Waals surface area contributed by atoms with Crippen molar-refractivity contribution in [3.05, 3.63) is 52.6 Å². The molecule has 5 nitrogen and oxygen atoms in total. The number of H-pyrrole nitrogens is 2. The van der Waals surface area contributed by atoms with Gasteiger partial charge in [0.1, 0.15) is 5.76 Å². The fourth-order valence-electron chi connectivity index (χ4n) is 2.44. The highest BCUT2D eigenvalue weighted by atomic mass is 16.3. The molecule has 3 aromatic rings. The summed E-state index contributed by atoms with van der Waals surface area (Å²) in [4.78, 5) is 17.3. The summed E-state index contributed by atoms with van der Waals surface area (Å²) >= 11 is 0. The van der Waals surface area contributed by atoms with Gasteiger partial charge in [-0.25, -0.2) is 0 Å². The minimum absolute atomic E-state index is 0.0316. The van der Waals surface area contributed by atoms with E-state index in [1.807, 2.05) is 12.1 Å². The lowest BCUT2D eigenvalue weighted by Crippen LogP contribution is -2.01. The van der Waals surface area contributed by atoms with E-state index >= 15 is 0 Å². The molecule has 0 bridgehead atoms. The van der Waals surface area contributed by atoms with Gasteiger partial charge in [0.25, 0.3) is 0 Å². The van der Waals surface area contributed by atoms with Gasteiger partial charge in [-0.05, 0) is 0 Å². The number of fused-ring (bicyclic) bond motifs is 3. The molecule has 0 saturated carbocycles. The fraction of sp³-hybridized carbons (Fsp3) is 0.0714. The number of nitrogens with two attached hydrogens (primary N) is 1. The number of aromatic nitrogens is 2. The van der Waals surface area contributed by atoms with Crippen molar-refractivity contribution >= 4 is 27.4 Å². The van der Waals surface area contributed by atoms with Gasteiger partial charge in [-0.15, -0.1) is 0 Å². The Labute approximate surface area is 108 Å². The van der Waals surface area contributed by atoms with E-state index in [0.717, 1.165) is 21.7 Å². The third kappa shape index (κ3) is 1.63. The molecule has 0 aliphatic rings. The Balaban J connectivity index is 2.53. The van der Waals surface area contributed by atoms with Crippen molar-refractivity contribution in [2.45, 2.75) is 6.54 Å². The van der Waals surface area contributed by atoms with Crippen LogP contribution >= 0.6 is 0 Å². The predicted octanol–water partition coefficient (Wildman–Crippen LogP) is 2.00. The van der Waals surface area contributed by atoms with Gasteiger partial charge in [0.15, 0.2) is 0 Å². The zero-order valence-electron chi connectivity index (χ0n) is 10.2. The Morgan fingerprint density at radius 2 is 2.16 bits per heavy atom. The Kier molecular flexibility index (Phi) is 2.43. The van der Waals surface area contributed by atoms with Crippen LogP contribution in [0.15, 0.2) is 35.8 Å². The van der Waals surface area contributed by atoms with Crippen molar-refractivity contribution in [1.82, 2.24) is 9.97 Å². The summed E-state index contributed by atoms with van der Waals surface area (Å²) in [5.74, 6) is -0.0316. The van der Waals surface area contributed by atoms with Crippen LogP contribution in [-0.4, -0.2) is 15.1 Å². The molecular formula is C14H13N3O2. The second kappa shape index (κ2) is 4.00. The molecule has 0 aliphatic heterocycles. The Bertz CT molecular complexity index is 858. The largest absolute Gasteiger partial charge is 0.508 e. The quantitative estimate of drug-likeness (QED) is 0.527. The summed E-state index contributed by atoms with van der Waals surface area (Å²) in [5.41, 5.74) is 7.60. The average molecular weight is 255 g/mol. The number of aromatic amines is 2. The van der Waals surface area contributed by atoms with E-state index < -0.39 is 0 Å². The number of hydrogen-bond donors (Lipinski definition) is 4. The van der Waals surface area contributed by atoms with Crippen LogP contribution in [0.2, 0.25) is 0 Å². The van der Waals surface area contributed by atoms with Crippen LogP contribution in [0.3, 0.4) is 0 Å². The first kappa shape index (κ1) is 11.6. The fourth-order valence-corrected chi connectivity index (χ4v) is 2.44. The molecule has 0 saturated heterocycles. The molecular weight excluding hydrogens is 242 g/mol. The van der Waals surface area contributed by atoms with E-state index in [2.05, 4.69) is 16.5 Å². The van der Waals surface area contributed by atoms with Gasteiger partial charge < -0.3 is 20.8 Å².